The molecule has 3 heteroatoms. The van der Waals surface area contributed by atoms with Crippen molar-refractivity contribution in [1.29, 1.82) is 0 Å². The van der Waals surface area contributed by atoms with E-state index in [0.717, 1.165) is 24.3 Å². The molecule has 88 valence electrons. The topological polar surface area (TPSA) is 29.3 Å². The van der Waals surface area contributed by atoms with Gasteiger partial charge in [0.1, 0.15) is 5.82 Å². The first-order chi connectivity index (χ1) is 7.81. The lowest BCUT2D eigenvalue weighted by Gasteiger charge is -2.29. The molecule has 1 aliphatic rings. The van der Waals surface area contributed by atoms with Crippen LogP contribution in [0.5, 0.6) is 0 Å². The number of anilines is 1. The van der Waals surface area contributed by atoms with Crippen molar-refractivity contribution in [3.05, 3.63) is 29.6 Å². The van der Waals surface area contributed by atoms with E-state index in [1.54, 1.807) is 6.07 Å². The summed E-state index contributed by atoms with van der Waals surface area (Å²) in [4.78, 5) is 2.26. The summed E-state index contributed by atoms with van der Waals surface area (Å²) in [7, 11) is 0. The van der Waals surface area contributed by atoms with Crippen molar-refractivity contribution in [2.45, 2.75) is 25.7 Å². The van der Waals surface area contributed by atoms with Crippen LogP contribution in [0.4, 0.5) is 10.1 Å². The van der Waals surface area contributed by atoms with Gasteiger partial charge < -0.3 is 10.6 Å². The normalized spacial score (nSPS) is 16.5. The molecule has 0 aliphatic carbocycles. The van der Waals surface area contributed by atoms with Gasteiger partial charge in [0.25, 0.3) is 0 Å². The van der Waals surface area contributed by atoms with Crippen molar-refractivity contribution in [2.24, 2.45) is 5.73 Å². The number of hydrogen-bond donors (Lipinski definition) is 1. The van der Waals surface area contributed by atoms with E-state index >= 15 is 0 Å². The zero-order valence-electron chi connectivity index (χ0n) is 9.58. The molecular weight excluding hydrogens is 203 g/mol. The predicted molar refractivity (Wildman–Crippen MR) is 65.2 cm³/mol. The second-order valence-corrected chi connectivity index (χ2v) is 4.36. The monoisotopic (exact) mass is 222 g/mol. The van der Waals surface area contributed by atoms with Gasteiger partial charge in [-0.2, -0.15) is 0 Å². The Balaban J connectivity index is 2.13. The minimum atomic E-state index is -0.117. The van der Waals surface area contributed by atoms with Crippen LogP contribution in [-0.2, 0) is 6.42 Å². The van der Waals surface area contributed by atoms with Gasteiger partial charge in [-0.15, -0.1) is 0 Å². The van der Waals surface area contributed by atoms with Crippen LogP contribution in [0.25, 0.3) is 0 Å². The fourth-order valence-electron chi connectivity index (χ4n) is 2.24. The van der Waals surface area contributed by atoms with Crippen LogP contribution < -0.4 is 10.6 Å². The zero-order chi connectivity index (χ0) is 11.4. The molecule has 0 bridgehead atoms. The highest BCUT2D eigenvalue weighted by molar-refractivity contribution is 5.48. The smallest absolute Gasteiger partial charge is 0.128 e. The molecule has 16 heavy (non-hydrogen) atoms. The summed E-state index contributed by atoms with van der Waals surface area (Å²) in [6, 6.07) is 5.53. The summed E-state index contributed by atoms with van der Waals surface area (Å²) < 4.78 is 13.7. The Labute approximate surface area is 96.2 Å². The van der Waals surface area contributed by atoms with Gasteiger partial charge in [0, 0.05) is 18.8 Å². The Hall–Kier alpha value is -1.09. The maximum absolute atomic E-state index is 13.7. The van der Waals surface area contributed by atoms with Gasteiger partial charge in [0.15, 0.2) is 0 Å². The van der Waals surface area contributed by atoms with E-state index in [1.807, 2.05) is 12.1 Å². The van der Waals surface area contributed by atoms with Gasteiger partial charge in [-0.25, -0.2) is 4.39 Å². The molecule has 0 unspecified atom stereocenters. The molecule has 0 aromatic heterocycles. The minimum absolute atomic E-state index is 0.117. The molecule has 2 rings (SSSR count). The molecular formula is C13H19FN2. The highest BCUT2D eigenvalue weighted by atomic mass is 19.1. The fourth-order valence-corrected chi connectivity index (χ4v) is 2.24. The Bertz CT molecular complexity index is 346. The molecule has 0 atom stereocenters. The average Bonchev–Trinajstić information content (AvgIpc) is 2.33. The van der Waals surface area contributed by atoms with Crippen LogP contribution in [0.15, 0.2) is 18.2 Å². The maximum Gasteiger partial charge on any atom is 0.128 e. The molecule has 0 amide bonds. The Morgan fingerprint density at radius 1 is 1.19 bits per heavy atom. The zero-order valence-corrected chi connectivity index (χ0v) is 9.58. The molecule has 1 aromatic rings. The SMILES string of the molecule is NCCc1ccc(N2CCCCC2)cc1F. The second-order valence-electron chi connectivity index (χ2n) is 4.36. The standard InChI is InChI=1S/C13H19FN2/c14-13-10-12(5-4-11(13)6-7-15)16-8-2-1-3-9-16/h4-5,10H,1-3,6-9,15H2. The lowest BCUT2D eigenvalue weighted by molar-refractivity contribution is 0.572. The van der Waals surface area contributed by atoms with Crippen molar-refractivity contribution in [1.82, 2.24) is 0 Å². The molecule has 0 radical (unpaired) electrons. The lowest BCUT2D eigenvalue weighted by atomic mass is 10.1. The minimum Gasteiger partial charge on any atom is -0.371 e. The molecule has 0 spiro atoms. The van der Waals surface area contributed by atoms with Gasteiger partial charge in [-0.3, -0.25) is 0 Å². The molecule has 1 fully saturated rings. The highest BCUT2D eigenvalue weighted by Crippen LogP contribution is 2.22. The molecule has 1 aromatic carbocycles. The van der Waals surface area contributed by atoms with Gasteiger partial charge in [-0.05, 0) is 49.9 Å². The molecule has 1 aliphatic heterocycles. The number of nitrogens with zero attached hydrogens (tertiary/aromatic N) is 1. The van der Waals surface area contributed by atoms with Gasteiger partial charge in [0.2, 0.25) is 0 Å². The number of rotatable bonds is 3. The van der Waals surface area contributed by atoms with E-state index in [9.17, 15) is 4.39 Å². The van der Waals surface area contributed by atoms with Crippen LogP contribution >= 0.6 is 0 Å². The van der Waals surface area contributed by atoms with E-state index in [2.05, 4.69) is 4.90 Å². The molecule has 1 saturated heterocycles. The van der Waals surface area contributed by atoms with Crippen LogP contribution in [0.3, 0.4) is 0 Å². The van der Waals surface area contributed by atoms with Crippen LogP contribution in [0, 0.1) is 5.82 Å². The molecule has 2 N–H and O–H groups in total. The van der Waals surface area contributed by atoms with E-state index in [0.29, 0.717) is 13.0 Å². The summed E-state index contributed by atoms with van der Waals surface area (Å²) in [5, 5.41) is 0. The largest absolute Gasteiger partial charge is 0.371 e. The average molecular weight is 222 g/mol. The van der Waals surface area contributed by atoms with Crippen molar-refractivity contribution in [2.75, 3.05) is 24.5 Å². The predicted octanol–water partition coefficient (Wildman–Crippen LogP) is 2.32. The van der Waals surface area contributed by atoms with E-state index < -0.39 is 0 Å². The van der Waals surface area contributed by atoms with Crippen molar-refractivity contribution < 1.29 is 4.39 Å². The van der Waals surface area contributed by atoms with E-state index in [-0.39, 0.29) is 5.82 Å². The Morgan fingerprint density at radius 2 is 1.94 bits per heavy atom. The number of piperidine rings is 1. The first kappa shape index (κ1) is 11.4. The quantitative estimate of drug-likeness (QED) is 0.850. The summed E-state index contributed by atoms with van der Waals surface area (Å²) >= 11 is 0. The van der Waals surface area contributed by atoms with Gasteiger partial charge >= 0.3 is 0 Å². The number of hydrogen-bond acceptors (Lipinski definition) is 2. The van der Waals surface area contributed by atoms with Crippen LogP contribution in [0.2, 0.25) is 0 Å². The summed E-state index contributed by atoms with van der Waals surface area (Å²) in [5.41, 5.74) is 7.17. The van der Waals surface area contributed by atoms with E-state index in [1.165, 1.54) is 19.3 Å². The Morgan fingerprint density at radius 3 is 2.56 bits per heavy atom. The number of halogens is 1. The van der Waals surface area contributed by atoms with Gasteiger partial charge in [-0.1, -0.05) is 6.07 Å². The molecule has 1 heterocycles. The third-order valence-electron chi connectivity index (χ3n) is 3.17. The van der Waals surface area contributed by atoms with Crippen molar-refractivity contribution in [3.63, 3.8) is 0 Å². The maximum atomic E-state index is 13.7. The molecule has 0 saturated carbocycles. The summed E-state index contributed by atoms with van der Waals surface area (Å²) in [6.45, 7) is 2.60. The summed E-state index contributed by atoms with van der Waals surface area (Å²) in [5.74, 6) is -0.117. The third-order valence-corrected chi connectivity index (χ3v) is 3.17. The number of nitrogens with two attached hydrogens (primary N) is 1. The van der Waals surface area contributed by atoms with Crippen LogP contribution in [-0.4, -0.2) is 19.6 Å². The fraction of sp³-hybridized carbons (Fsp3) is 0.538. The molecule has 2 nitrogen and oxygen atoms in total. The van der Waals surface area contributed by atoms with Gasteiger partial charge in [0.05, 0.1) is 0 Å². The summed E-state index contributed by atoms with van der Waals surface area (Å²) in [6.07, 6.45) is 4.34. The first-order valence-electron chi connectivity index (χ1n) is 6.04. The lowest BCUT2D eigenvalue weighted by Crippen LogP contribution is -2.29. The number of benzene rings is 1. The van der Waals surface area contributed by atoms with E-state index in [4.69, 9.17) is 5.73 Å². The second kappa shape index (κ2) is 5.30. The Kier molecular flexibility index (Phi) is 3.78. The van der Waals surface area contributed by atoms with Crippen molar-refractivity contribution in [3.8, 4) is 0 Å². The van der Waals surface area contributed by atoms with Crippen LogP contribution in [0.1, 0.15) is 24.8 Å². The van der Waals surface area contributed by atoms with Crippen molar-refractivity contribution >= 4 is 5.69 Å². The highest BCUT2D eigenvalue weighted by Gasteiger charge is 2.12. The third kappa shape index (κ3) is 2.53. The first-order valence-corrected chi connectivity index (χ1v) is 6.04.